The fourth-order valence-electron chi connectivity index (χ4n) is 3.42. The Morgan fingerprint density at radius 3 is 2.81 bits per heavy atom. The van der Waals surface area contributed by atoms with Crippen molar-refractivity contribution >= 4 is 16.9 Å². The van der Waals surface area contributed by atoms with Gasteiger partial charge in [-0.1, -0.05) is 12.1 Å². The molecule has 4 nitrogen and oxygen atoms in total. The fourth-order valence-corrected chi connectivity index (χ4v) is 3.42. The first-order chi connectivity index (χ1) is 10.2. The third kappa shape index (κ3) is 2.94. The molecule has 0 atom stereocenters. The first-order valence-electron chi connectivity index (χ1n) is 7.66. The topological polar surface area (TPSA) is 44.1 Å². The van der Waals surface area contributed by atoms with E-state index in [0.29, 0.717) is 5.92 Å². The molecule has 4 heteroatoms. The van der Waals surface area contributed by atoms with E-state index in [0.717, 1.165) is 32.1 Å². The van der Waals surface area contributed by atoms with Crippen LogP contribution in [0, 0.1) is 11.8 Å². The molecular formula is C17H22N2O2. The summed E-state index contributed by atoms with van der Waals surface area (Å²) in [4.78, 5) is 11.6. The predicted octanol–water partition coefficient (Wildman–Crippen LogP) is 3.10. The van der Waals surface area contributed by atoms with E-state index in [9.17, 15) is 4.79 Å². The summed E-state index contributed by atoms with van der Waals surface area (Å²) in [5, 5.41) is 5.48. The number of hydrogen-bond donors (Lipinski definition) is 0. The van der Waals surface area contributed by atoms with Crippen LogP contribution in [0.1, 0.15) is 31.2 Å². The van der Waals surface area contributed by atoms with E-state index in [4.69, 9.17) is 4.74 Å². The molecule has 0 N–H and O–H groups in total. The van der Waals surface area contributed by atoms with Crippen LogP contribution in [0.4, 0.5) is 0 Å². The summed E-state index contributed by atoms with van der Waals surface area (Å²) in [5.74, 6) is 0.757. The van der Waals surface area contributed by atoms with Crippen molar-refractivity contribution in [1.82, 2.24) is 9.78 Å². The van der Waals surface area contributed by atoms with Gasteiger partial charge in [-0.15, -0.1) is 0 Å². The number of ether oxygens (including phenoxy) is 1. The molecule has 3 rings (SSSR count). The smallest absolute Gasteiger partial charge is 0.308 e. The first-order valence-corrected chi connectivity index (χ1v) is 7.66. The molecular weight excluding hydrogens is 264 g/mol. The zero-order chi connectivity index (χ0) is 14.8. The number of aromatic nitrogens is 2. The number of fused-ring (bicyclic) bond motifs is 1. The average molecular weight is 286 g/mol. The summed E-state index contributed by atoms with van der Waals surface area (Å²) in [6, 6.07) is 6.60. The highest BCUT2D eigenvalue weighted by atomic mass is 16.5. The van der Waals surface area contributed by atoms with Crippen molar-refractivity contribution in [2.24, 2.45) is 18.9 Å². The van der Waals surface area contributed by atoms with E-state index in [1.807, 2.05) is 17.9 Å². The minimum atomic E-state index is -0.0373. The molecule has 1 aromatic heterocycles. The van der Waals surface area contributed by atoms with E-state index in [1.165, 1.54) is 23.6 Å². The van der Waals surface area contributed by atoms with E-state index in [2.05, 4.69) is 23.3 Å². The van der Waals surface area contributed by atoms with Gasteiger partial charge in [0.1, 0.15) is 0 Å². The highest BCUT2D eigenvalue weighted by Crippen LogP contribution is 2.32. The van der Waals surface area contributed by atoms with Crippen LogP contribution in [0.3, 0.4) is 0 Å². The average Bonchev–Trinajstić information content (AvgIpc) is 2.88. The number of nitrogens with zero attached hydrogens (tertiary/aromatic N) is 2. The van der Waals surface area contributed by atoms with Gasteiger partial charge in [0, 0.05) is 12.4 Å². The number of benzene rings is 1. The van der Waals surface area contributed by atoms with Crippen molar-refractivity contribution in [3.63, 3.8) is 0 Å². The van der Waals surface area contributed by atoms with Crippen molar-refractivity contribution in [3.05, 3.63) is 30.0 Å². The second kappa shape index (κ2) is 5.88. The third-order valence-electron chi connectivity index (χ3n) is 4.72. The van der Waals surface area contributed by atoms with Crippen molar-refractivity contribution in [2.75, 3.05) is 7.11 Å². The zero-order valence-corrected chi connectivity index (χ0v) is 12.7. The molecule has 2 aromatic rings. The lowest BCUT2D eigenvalue weighted by molar-refractivity contribution is -0.146. The highest BCUT2D eigenvalue weighted by molar-refractivity contribution is 5.79. The van der Waals surface area contributed by atoms with Gasteiger partial charge in [0.05, 0.1) is 24.7 Å². The molecule has 0 aliphatic heterocycles. The highest BCUT2D eigenvalue weighted by Gasteiger charge is 2.26. The van der Waals surface area contributed by atoms with Crippen molar-refractivity contribution < 1.29 is 9.53 Å². The molecule has 1 saturated carbocycles. The van der Waals surface area contributed by atoms with Gasteiger partial charge in [-0.3, -0.25) is 9.48 Å². The molecule has 0 amide bonds. The van der Waals surface area contributed by atoms with Gasteiger partial charge < -0.3 is 4.74 Å². The Kier molecular flexibility index (Phi) is 3.95. The Balaban J connectivity index is 1.64. The second-order valence-electron chi connectivity index (χ2n) is 6.11. The molecule has 1 aliphatic rings. The molecule has 1 aromatic carbocycles. The van der Waals surface area contributed by atoms with Crippen molar-refractivity contribution in [2.45, 2.75) is 32.1 Å². The largest absolute Gasteiger partial charge is 0.469 e. The summed E-state index contributed by atoms with van der Waals surface area (Å²) in [6.07, 6.45) is 7.15. The van der Waals surface area contributed by atoms with Crippen LogP contribution in [-0.2, 0) is 23.0 Å². The number of methoxy groups -OCH3 is 1. The monoisotopic (exact) mass is 286 g/mol. The van der Waals surface area contributed by atoms with Gasteiger partial charge in [0.15, 0.2) is 0 Å². The third-order valence-corrected chi connectivity index (χ3v) is 4.72. The van der Waals surface area contributed by atoms with Gasteiger partial charge in [-0.05, 0) is 49.7 Å². The minimum absolute atomic E-state index is 0.0373. The van der Waals surface area contributed by atoms with Crippen LogP contribution in [0.25, 0.3) is 10.9 Å². The SMILES string of the molecule is COC(=O)C1CCC(Cc2ccc3cnn(C)c3c2)CC1. The van der Waals surface area contributed by atoms with Crippen LogP contribution in [0.15, 0.2) is 24.4 Å². The van der Waals surface area contributed by atoms with Gasteiger partial charge >= 0.3 is 5.97 Å². The van der Waals surface area contributed by atoms with Gasteiger partial charge in [-0.25, -0.2) is 0 Å². The minimum Gasteiger partial charge on any atom is -0.469 e. The number of rotatable bonds is 3. The maximum Gasteiger partial charge on any atom is 0.308 e. The Bertz CT molecular complexity index is 639. The molecule has 0 saturated heterocycles. The normalized spacial score (nSPS) is 22.4. The van der Waals surface area contributed by atoms with Crippen LogP contribution in [0.2, 0.25) is 0 Å². The molecule has 1 aliphatic carbocycles. The quantitative estimate of drug-likeness (QED) is 0.814. The Hall–Kier alpha value is -1.84. The molecule has 0 bridgehead atoms. The molecule has 21 heavy (non-hydrogen) atoms. The summed E-state index contributed by atoms with van der Waals surface area (Å²) in [5.41, 5.74) is 2.56. The zero-order valence-electron chi connectivity index (χ0n) is 12.7. The van der Waals surface area contributed by atoms with Gasteiger partial charge in [0.25, 0.3) is 0 Å². The van der Waals surface area contributed by atoms with E-state index in [-0.39, 0.29) is 11.9 Å². The van der Waals surface area contributed by atoms with Crippen LogP contribution in [-0.4, -0.2) is 22.9 Å². The molecule has 0 unspecified atom stereocenters. The Labute approximate surface area is 125 Å². The summed E-state index contributed by atoms with van der Waals surface area (Å²) >= 11 is 0. The van der Waals surface area contributed by atoms with Crippen molar-refractivity contribution in [1.29, 1.82) is 0 Å². The Morgan fingerprint density at radius 1 is 1.33 bits per heavy atom. The number of aryl methyl sites for hydroxylation is 1. The van der Waals surface area contributed by atoms with E-state index >= 15 is 0 Å². The van der Waals surface area contributed by atoms with Crippen LogP contribution >= 0.6 is 0 Å². The molecule has 0 spiro atoms. The van der Waals surface area contributed by atoms with Crippen LogP contribution in [0.5, 0.6) is 0 Å². The Morgan fingerprint density at radius 2 is 2.10 bits per heavy atom. The molecule has 1 fully saturated rings. The molecule has 0 radical (unpaired) electrons. The fraction of sp³-hybridized carbons (Fsp3) is 0.529. The standard InChI is InChI=1S/C17H22N2O2/c1-19-16-10-13(5-8-15(16)11-18-19)9-12-3-6-14(7-4-12)17(20)21-2/h5,8,10-12,14H,3-4,6-7,9H2,1-2H3. The maximum atomic E-state index is 11.6. The van der Waals surface area contributed by atoms with Crippen LogP contribution < -0.4 is 0 Å². The number of hydrogen-bond acceptors (Lipinski definition) is 3. The van der Waals surface area contributed by atoms with Gasteiger partial charge in [-0.2, -0.15) is 5.10 Å². The lowest BCUT2D eigenvalue weighted by Crippen LogP contribution is -2.23. The summed E-state index contributed by atoms with van der Waals surface area (Å²) in [7, 11) is 3.46. The van der Waals surface area contributed by atoms with Crippen molar-refractivity contribution in [3.8, 4) is 0 Å². The lowest BCUT2D eigenvalue weighted by Gasteiger charge is -2.26. The molecule has 112 valence electrons. The molecule has 1 heterocycles. The number of carbonyl (C=O) groups excluding carboxylic acids is 1. The number of esters is 1. The van der Waals surface area contributed by atoms with Gasteiger partial charge in [0.2, 0.25) is 0 Å². The summed E-state index contributed by atoms with van der Waals surface area (Å²) < 4.78 is 6.77. The predicted molar refractivity (Wildman–Crippen MR) is 81.9 cm³/mol. The summed E-state index contributed by atoms with van der Waals surface area (Å²) in [6.45, 7) is 0. The number of carbonyl (C=O) groups is 1. The lowest BCUT2D eigenvalue weighted by atomic mass is 9.79. The first kappa shape index (κ1) is 14.1. The van der Waals surface area contributed by atoms with E-state index in [1.54, 1.807) is 0 Å². The maximum absolute atomic E-state index is 11.6. The van der Waals surface area contributed by atoms with E-state index < -0.39 is 0 Å². The second-order valence-corrected chi connectivity index (χ2v) is 6.11.